The molecule has 0 bridgehead atoms. The average Bonchev–Trinajstić information content (AvgIpc) is 3.15. The van der Waals surface area contributed by atoms with Gasteiger partial charge in [0.25, 0.3) is 5.91 Å². The summed E-state index contributed by atoms with van der Waals surface area (Å²) >= 11 is 0. The van der Waals surface area contributed by atoms with Gasteiger partial charge in [-0.3, -0.25) is 9.59 Å². The highest BCUT2D eigenvalue weighted by Gasteiger charge is 2.32. The van der Waals surface area contributed by atoms with Crippen LogP contribution in [0.1, 0.15) is 60.0 Å². The lowest BCUT2D eigenvalue weighted by Gasteiger charge is -2.34. The van der Waals surface area contributed by atoms with Crippen LogP contribution in [0.3, 0.4) is 0 Å². The summed E-state index contributed by atoms with van der Waals surface area (Å²) in [7, 11) is 0. The molecule has 2 aliphatic heterocycles. The van der Waals surface area contributed by atoms with Gasteiger partial charge in [0.05, 0.1) is 11.3 Å². The maximum atomic E-state index is 13.8. The summed E-state index contributed by atoms with van der Waals surface area (Å²) in [5.74, 6) is 0.308. The molecule has 0 saturated carbocycles. The molecule has 1 aromatic heterocycles. The third-order valence-electron chi connectivity index (χ3n) is 7.65. The van der Waals surface area contributed by atoms with Crippen molar-refractivity contribution in [3.63, 3.8) is 0 Å². The molecule has 0 aliphatic carbocycles. The standard InChI is InChI=1S/C30H36N4O2/c1-22-12-13-26(23(2)20-22)28-27(21-34(31-28)25-10-6-5-7-11-25)30(36)33-18-14-24(15-19-33)29(35)32-16-8-3-4-9-17-32/h5-7,10-13,20-21,24H,3-4,8-9,14-19H2,1-2H3. The second-order valence-electron chi connectivity index (χ2n) is 10.3. The van der Waals surface area contributed by atoms with Crippen LogP contribution >= 0.6 is 0 Å². The van der Waals surface area contributed by atoms with E-state index in [1.807, 2.05) is 41.4 Å². The molecule has 5 rings (SSSR count). The molecule has 2 fully saturated rings. The molecule has 0 radical (unpaired) electrons. The van der Waals surface area contributed by atoms with Gasteiger partial charge in [-0.25, -0.2) is 4.68 Å². The van der Waals surface area contributed by atoms with Crippen molar-refractivity contribution in [3.8, 4) is 16.9 Å². The molecule has 2 amide bonds. The molecule has 0 spiro atoms. The Kier molecular flexibility index (Phi) is 7.21. The fourth-order valence-electron chi connectivity index (χ4n) is 5.57. The van der Waals surface area contributed by atoms with E-state index in [-0.39, 0.29) is 17.7 Å². The predicted molar refractivity (Wildman–Crippen MR) is 142 cm³/mol. The minimum Gasteiger partial charge on any atom is -0.342 e. The summed E-state index contributed by atoms with van der Waals surface area (Å²) < 4.78 is 1.80. The molecule has 3 heterocycles. The van der Waals surface area contributed by atoms with Gasteiger partial charge in [-0.15, -0.1) is 0 Å². The van der Waals surface area contributed by atoms with E-state index in [4.69, 9.17) is 5.10 Å². The smallest absolute Gasteiger partial charge is 0.257 e. The third kappa shape index (κ3) is 5.08. The van der Waals surface area contributed by atoms with E-state index < -0.39 is 0 Å². The maximum Gasteiger partial charge on any atom is 0.257 e. The first-order chi connectivity index (χ1) is 17.5. The fraction of sp³-hybridized carbons (Fsp3) is 0.433. The lowest BCUT2D eigenvalue weighted by atomic mass is 9.94. The first-order valence-corrected chi connectivity index (χ1v) is 13.3. The number of carbonyl (C=O) groups excluding carboxylic acids is 2. The average molecular weight is 485 g/mol. The van der Waals surface area contributed by atoms with Gasteiger partial charge in [-0.2, -0.15) is 5.10 Å². The van der Waals surface area contributed by atoms with Crippen molar-refractivity contribution in [2.24, 2.45) is 5.92 Å². The van der Waals surface area contributed by atoms with Crippen molar-refractivity contribution in [3.05, 3.63) is 71.4 Å². The molecular formula is C30H36N4O2. The SMILES string of the molecule is Cc1ccc(-c2nn(-c3ccccc3)cc2C(=O)N2CCC(C(=O)N3CCCCCC3)CC2)c(C)c1. The Balaban J connectivity index is 1.37. The van der Waals surface area contributed by atoms with Crippen LogP contribution in [-0.4, -0.2) is 57.6 Å². The third-order valence-corrected chi connectivity index (χ3v) is 7.65. The largest absolute Gasteiger partial charge is 0.342 e. The Morgan fingerprint density at radius 3 is 2.19 bits per heavy atom. The molecule has 36 heavy (non-hydrogen) atoms. The summed E-state index contributed by atoms with van der Waals surface area (Å²) in [4.78, 5) is 30.9. The number of likely N-dealkylation sites (tertiary alicyclic amines) is 2. The van der Waals surface area contributed by atoms with E-state index in [9.17, 15) is 9.59 Å². The summed E-state index contributed by atoms with van der Waals surface area (Å²) in [5, 5.41) is 4.88. The van der Waals surface area contributed by atoms with Gasteiger partial charge in [0, 0.05) is 43.9 Å². The number of piperidine rings is 1. The van der Waals surface area contributed by atoms with Crippen LogP contribution < -0.4 is 0 Å². The van der Waals surface area contributed by atoms with E-state index in [0.29, 0.717) is 24.3 Å². The van der Waals surface area contributed by atoms with Gasteiger partial charge in [0.1, 0.15) is 5.69 Å². The monoisotopic (exact) mass is 484 g/mol. The van der Waals surface area contributed by atoms with Gasteiger partial charge in [-0.05, 0) is 57.2 Å². The van der Waals surface area contributed by atoms with Crippen molar-refractivity contribution >= 4 is 11.8 Å². The molecule has 6 heteroatoms. The summed E-state index contributed by atoms with van der Waals surface area (Å²) in [6.07, 6.45) is 7.97. The first kappa shape index (κ1) is 24.3. The molecule has 2 aliphatic rings. The molecule has 6 nitrogen and oxygen atoms in total. The maximum absolute atomic E-state index is 13.8. The number of para-hydroxylation sites is 1. The minimum atomic E-state index is -0.00664. The lowest BCUT2D eigenvalue weighted by molar-refractivity contribution is -0.136. The molecular weight excluding hydrogens is 448 g/mol. The second kappa shape index (κ2) is 10.7. The van der Waals surface area contributed by atoms with E-state index in [0.717, 1.165) is 55.6 Å². The number of hydrogen-bond donors (Lipinski definition) is 0. The fourth-order valence-corrected chi connectivity index (χ4v) is 5.57. The minimum absolute atomic E-state index is 0.00664. The molecule has 0 N–H and O–H groups in total. The Bertz CT molecular complexity index is 1220. The van der Waals surface area contributed by atoms with Crippen molar-refractivity contribution in [2.45, 2.75) is 52.4 Å². The molecule has 2 saturated heterocycles. The predicted octanol–water partition coefficient (Wildman–Crippen LogP) is 5.41. The van der Waals surface area contributed by atoms with Crippen LogP contribution in [0.15, 0.2) is 54.7 Å². The van der Waals surface area contributed by atoms with Crippen LogP contribution in [0.2, 0.25) is 0 Å². The Morgan fingerprint density at radius 2 is 1.53 bits per heavy atom. The number of rotatable bonds is 4. The van der Waals surface area contributed by atoms with Crippen LogP contribution in [-0.2, 0) is 4.79 Å². The van der Waals surface area contributed by atoms with Gasteiger partial charge < -0.3 is 9.80 Å². The zero-order valence-corrected chi connectivity index (χ0v) is 21.4. The highest BCUT2D eigenvalue weighted by molar-refractivity contribution is 6.00. The van der Waals surface area contributed by atoms with Crippen LogP contribution in [0.25, 0.3) is 16.9 Å². The Labute approximate surface area is 213 Å². The highest BCUT2D eigenvalue weighted by Crippen LogP contribution is 2.30. The van der Waals surface area contributed by atoms with Crippen molar-refractivity contribution in [1.29, 1.82) is 0 Å². The molecule has 0 unspecified atom stereocenters. The van der Waals surface area contributed by atoms with Gasteiger partial charge >= 0.3 is 0 Å². The Morgan fingerprint density at radius 1 is 0.833 bits per heavy atom. The number of aryl methyl sites for hydroxylation is 2. The number of nitrogens with zero attached hydrogens (tertiary/aromatic N) is 4. The first-order valence-electron chi connectivity index (χ1n) is 13.3. The van der Waals surface area contributed by atoms with Crippen molar-refractivity contribution in [2.75, 3.05) is 26.2 Å². The number of benzene rings is 2. The van der Waals surface area contributed by atoms with E-state index >= 15 is 0 Å². The molecule has 3 aromatic rings. The topological polar surface area (TPSA) is 58.4 Å². The van der Waals surface area contributed by atoms with Crippen LogP contribution in [0, 0.1) is 19.8 Å². The van der Waals surface area contributed by atoms with Crippen LogP contribution in [0.5, 0.6) is 0 Å². The Hall–Kier alpha value is -3.41. The van der Waals surface area contributed by atoms with Crippen molar-refractivity contribution < 1.29 is 9.59 Å². The van der Waals surface area contributed by atoms with Gasteiger partial charge in [0.2, 0.25) is 5.91 Å². The molecule has 188 valence electrons. The number of hydrogen-bond acceptors (Lipinski definition) is 3. The number of carbonyl (C=O) groups is 2. The second-order valence-corrected chi connectivity index (χ2v) is 10.3. The summed E-state index contributed by atoms with van der Waals surface area (Å²) in [6, 6.07) is 16.2. The van der Waals surface area contributed by atoms with Crippen LogP contribution in [0.4, 0.5) is 0 Å². The van der Waals surface area contributed by atoms with E-state index in [1.165, 1.54) is 18.4 Å². The number of amides is 2. The lowest BCUT2D eigenvalue weighted by Crippen LogP contribution is -2.44. The van der Waals surface area contributed by atoms with Crippen molar-refractivity contribution in [1.82, 2.24) is 19.6 Å². The zero-order chi connectivity index (χ0) is 25.1. The molecule has 0 atom stereocenters. The highest BCUT2D eigenvalue weighted by atomic mass is 16.2. The van der Waals surface area contributed by atoms with Gasteiger partial charge in [-0.1, -0.05) is 54.8 Å². The zero-order valence-electron chi connectivity index (χ0n) is 21.4. The summed E-state index contributed by atoms with van der Waals surface area (Å²) in [6.45, 7) is 7.12. The number of aromatic nitrogens is 2. The quantitative estimate of drug-likeness (QED) is 0.497. The summed E-state index contributed by atoms with van der Waals surface area (Å²) in [5.41, 5.74) is 5.51. The molecule has 2 aromatic carbocycles. The van der Waals surface area contributed by atoms with E-state index in [2.05, 4.69) is 36.9 Å². The van der Waals surface area contributed by atoms with Gasteiger partial charge in [0.15, 0.2) is 0 Å². The van der Waals surface area contributed by atoms with E-state index in [1.54, 1.807) is 4.68 Å². The normalized spacial score (nSPS) is 17.2.